The zero-order valence-corrected chi connectivity index (χ0v) is 11.3. The predicted molar refractivity (Wildman–Crippen MR) is 77.8 cm³/mol. The van der Waals surface area contributed by atoms with Crippen LogP contribution in [0.25, 0.3) is 0 Å². The number of ether oxygens (including phenoxy) is 2. The monoisotopic (exact) mass is 282 g/mol. The molecule has 1 heterocycles. The molecular weight excluding hydrogens is 268 g/mol. The zero-order valence-electron chi connectivity index (χ0n) is 11.3. The molecular formula is C17H14O4. The molecule has 0 aromatic heterocycles. The summed E-state index contributed by atoms with van der Waals surface area (Å²) in [7, 11) is 0. The van der Waals surface area contributed by atoms with E-state index in [1.54, 1.807) is 18.2 Å². The van der Waals surface area contributed by atoms with Crippen molar-refractivity contribution in [3.8, 4) is 11.5 Å². The van der Waals surface area contributed by atoms with Crippen LogP contribution >= 0.6 is 0 Å². The Kier molecular flexibility index (Phi) is 3.60. The number of aliphatic hydroxyl groups excluding tert-OH is 1. The predicted octanol–water partition coefficient (Wildman–Crippen LogP) is 3.28. The molecule has 0 radical (unpaired) electrons. The third kappa shape index (κ3) is 2.74. The fourth-order valence-corrected chi connectivity index (χ4v) is 2.13. The first-order valence-corrected chi connectivity index (χ1v) is 6.59. The number of aliphatic hydroxyl groups is 1. The van der Waals surface area contributed by atoms with Gasteiger partial charge in [-0.25, -0.2) is 0 Å². The van der Waals surface area contributed by atoms with E-state index in [9.17, 15) is 4.79 Å². The molecule has 1 aliphatic rings. The molecule has 2 aromatic carbocycles. The van der Waals surface area contributed by atoms with Crippen LogP contribution in [-0.4, -0.2) is 17.5 Å². The smallest absolute Gasteiger partial charge is 0.199 e. The average molecular weight is 282 g/mol. The number of hydrogen-bond donors (Lipinski definition) is 1. The second-order valence-electron chi connectivity index (χ2n) is 4.70. The SMILES string of the molecule is O=C1C(=CO)COc2ccc(OCc3ccccc3)cc21. The normalized spacial score (nSPS) is 15.4. The van der Waals surface area contributed by atoms with E-state index in [0.29, 0.717) is 23.7 Å². The lowest BCUT2D eigenvalue weighted by Gasteiger charge is -2.18. The van der Waals surface area contributed by atoms with E-state index in [0.717, 1.165) is 11.8 Å². The molecule has 0 atom stereocenters. The van der Waals surface area contributed by atoms with E-state index in [4.69, 9.17) is 14.6 Å². The molecule has 21 heavy (non-hydrogen) atoms. The Morgan fingerprint density at radius 3 is 2.76 bits per heavy atom. The molecule has 0 saturated carbocycles. The van der Waals surface area contributed by atoms with Gasteiger partial charge in [-0.15, -0.1) is 0 Å². The standard InChI is InChI=1S/C17H14O4/c18-9-13-11-21-16-7-6-14(8-15(16)17(13)19)20-10-12-4-2-1-3-5-12/h1-9,18H,10-11H2. The number of rotatable bonds is 3. The average Bonchev–Trinajstić information content (AvgIpc) is 2.54. The van der Waals surface area contributed by atoms with Gasteiger partial charge in [0.1, 0.15) is 24.7 Å². The zero-order chi connectivity index (χ0) is 14.7. The van der Waals surface area contributed by atoms with Crippen molar-refractivity contribution >= 4 is 5.78 Å². The molecule has 0 aliphatic carbocycles. The van der Waals surface area contributed by atoms with Gasteiger partial charge in [0.25, 0.3) is 0 Å². The second-order valence-corrected chi connectivity index (χ2v) is 4.70. The van der Waals surface area contributed by atoms with Crippen LogP contribution in [0.2, 0.25) is 0 Å². The Hall–Kier alpha value is -2.75. The van der Waals surface area contributed by atoms with Crippen LogP contribution in [0.1, 0.15) is 15.9 Å². The fraction of sp³-hybridized carbons (Fsp3) is 0.118. The molecule has 0 spiro atoms. The molecule has 4 nitrogen and oxygen atoms in total. The van der Waals surface area contributed by atoms with E-state index in [1.165, 1.54) is 0 Å². The van der Waals surface area contributed by atoms with Gasteiger partial charge in [0.2, 0.25) is 0 Å². The van der Waals surface area contributed by atoms with Crippen molar-refractivity contribution in [3.63, 3.8) is 0 Å². The Bertz CT molecular complexity index is 689. The summed E-state index contributed by atoms with van der Waals surface area (Å²) in [6, 6.07) is 14.9. The van der Waals surface area contributed by atoms with Crippen molar-refractivity contribution < 1.29 is 19.4 Å². The first kappa shape index (κ1) is 13.2. The van der Waals surface area contributed by atoms with Crippen LogP contribution in [0.4, 0.5) is 0 Å². The molecule has 3 rings (SSSR count). The van der Waals surface area contributed by atoms with Crippen molar-refractivity contribution in [1.82, 2.24) is 0 Å². The summed E-state index contributed by atoms with van der Waals surface area (Å²) in [5.74, 6) is 0.871. The molecule has 0 bridgehead atoms. The number of benzene rings is 2. The summed E-state index contributed by atoms with van der Waals surface area (Å²) in [6.07, 6.45) is 0.794. The van der Waals surface area contributed by atoms with Gasteiger partial charge < -0.3 is 14.6 Å². The summed E-state index contributed by atoms with van der Waals surface area (Å²) < 4.78 is 11.1. The van der Waals surface area contributed by atoms with Crippen molar-refractivity contribution in [2.45, 2.75) is 6.61 Å². The van der Waals surface area contributed by atoms with Gasteiger partial charge in [-0.3, -0.25) is 4.79 Å². The lowest BCUT2D eigenvalue weighted by molar-refractivity contribution is 0.0994. The number of carbonyl (C=O) groups is 1. The maximum atomic E-state index is 12.1. The van der Waals surface area contributed by atoms with Crippen molar-refractivity contribution in [2.75, 3.05) is 6.61 Å². The Labute approximate surface area is 122 Å². The molecule has 1 aliphatic heterocycles. The highest BCUT2D eigenvalue weighted by atomic mass is 16.5. The quantitative estimate of drug-likeness (QED) is 0.693. The Morgan fingerprint density at radius 2 is 2.00 bits per heavy atom. The molecule has 0 saturated heterocycles. The molecule has 0 unspecified atom stereocenters. The van der Waals surface area contributed by atoms with Gasteiger partial charge >= 0.3 is 0 Å². The topological polar surface area (TPSA) is 55.8 Å². The van der Waals surface area contributed by atoms with Gasteiger partial charge in [0, 0.05) is 0 Å². The lowest BCUT2D eigenvalue weighted by atomic mass is 10.0. The highest BCUT2D eigenvalue weighted by Crippen LogP contribution is 2.30. The van der Waals surface area contributed by atoms with Gasteiger partial charge in [0.05, 0.1) is 17.4 Å². The number of hydrogen-bond acceptors (Lipinski definition) is 4. The first-order chi connectivity index (χ1) is 10.3. The highest BCUT2D eigenvalue weighted by Gasteiger charge is 2.24. The van der Waals surface area contributed by atoms with Gasteiger partial charge in [0.15, 0.2) is 5.78 Å². The summed E-state index contributed by atoms with van der Waals surface area (Å²) >= 11 is 0. The van der Waals surface area contributed by atoms with Crippen LogP contribution in [0.3, 0.4) is 0 Å². The Balaban J connectivity index is 1.80. The summed E-state index contributed by atoms with van der Waals surface area (Å²) in [6.45, 7) is 0.518. The minimum atomic E-state index is -0.232. The van der Waals surface area contributed by atoms with Gasteiger partial charge in [-0.05, 0) is 23.8 Å². The van der Waals surface area contributed by atoms with Crippen LogP contribution in [0.5, 0.6) is 11.5 Å². The largest absolute Gasteiger partial charge is 0.515 e. The molecule has 0 amide bonds. The minimum absolute atomic E-state index is 0.0898. The number of Topliss-reactive ketones (excluding diaryl/α,β-unsaturated/α-hetero) is 1. The van der Waals surface area contributed by atoms with E-state index in [1.807, 2.05) is 30.3 Å². The molecule has 0 fully saturated rings. The van der Waals surface area contributed by atoms with Crippen molar-refractivity contribution in [1.29, 1.82) is 0 Å². The maximum absolute atomic E-state index is 12.1. The van der Waals surface area contributed by atoms with E-state index >= 15 is 0 Å². The number of ketones is 1. The van der Waals surface area contributed by atoms with Crippen LogP contribution in [-0.2, 0) is 6.61 Å². The van der Waals surface area contributed by atoms with Crippen molar-refractivity contribution in [2.24, 2.45) is 0 Å². The first-order valence-electron chi connectivity index (χ1n) is 6.59. The van der Waals surface area contributed by atoms with Gasteiger partial charge in [-0.1, -0.05) is 30.3 Å². The maximum Gasteiger partial charge on any atom is 0.199 e. The molecule has 106 valence electrons. The molecule has 2 aromatic rings. The van der Waals surface area contributed by atoms with Crippen LogP contribution in [0, 0.1) is 0 Å². The van der Waals surface area contributed by atoms with Crippen LogP contribution in [0.15, 0.2) is 60.4 Å². The minimum Gasteiger partial charge on any atom is -0.515 e. The van der Waals surface area contributed by atoms with Crippen LogP contribution < -0.4 is 9.47 Å². The summed E-state index contributed by atoms with van der Waals surface area (Å²) in [4.78, 5) is 12.1. The molecule has 4 heteroatoms. The highest BCUT2D eigenvalue weighted by molar-refractivity contribution is 6.11. The lowest BCUT2D eigenvalue weighted by Crippen LogP contribution is -2.19. The third-order valence-corrected chi connectivity index (χ3v) is 3.27. The van der Waals surface area contributed by atoms with Crippen molar-refractivity contribution in [3.05, 3.63) is 71.5 Å². The summed E-state index contributed by atoms with van der Waals surface area (Å²) in [5, 5.41) is 9.01. The van der Waals surface area contributed by atoms with E-state index < -0.39 is 0 Å². The Morgan fingerprint density at radius 1 is 1.19 bits per heavy atom. The number of carbonyl (C=O) groups excluding carboxylic acids is 1. The van der Waals surface area contributed by atoms with Gasteiger partial charge in [-0.2, -0.15) is 0 Å². The third-order valence-electron chi connectivity index (χ3n) is 3.27. The second kappa shape index (κ2) is 5.71. The summed E-state index contributed by atoms with van der Waals surface area (Å²) in [5.41, 5.74) is 1.70. The fourth-order valence-electron chi connectivity index (χ4n) is 2.13. The number of fused-ring (bicyclic) bond motifs is 1. The molecule has 1 N–H and O–H groups in total. The van der Waals surface area contributed by atoms with E-state index in [-0.39, 0.29) is 18.0 Å². The van der Waals surface area contributed by atoms with E-state index in [2.05, 4.69) is 0 Å².